The first kappa shape index (κ1) is 101. The van der Waals surface area contributed by atoms with Crippen LogP contribution in [0.4, 0.5) is 53.5 Å². The van der Waals surface area contributed by atoms with E-state index in [2.05, 4.69) is 58.8 Å². The smallest absolute Gasteiger partial charge is 0.235 e. The van der Waals surface area contributed by atoms with E-state index in [1.807, 2.05) is 14.7 Å². The minimum atomic E-state index is 0.117. The number of nitrogens with zero attached hydrogens (tertiary/aromatic N) is 24. The summed E-state index contributed by atoms with van der Waals surface area (Å²) in [5, 5.41) is 0. The van der Waals surface area contributed by atoms with Crippen LogP contribution in [0.2, 0.25) is 0 Å². The minimum Gasteiger partial charge on any atom is -0.373 e. The summed E-state index contributed by atoms with van der Waals surface area (Å²) in [6.07, 6.45) is 6.43. The van der Waals surface area contributed by atoms with Crippen LogP contribution in [-0.4, -0.2) is 610 Å². The Hall–Kier alpha value is -6.17. The molecule has 147 heavy (non-hydrogen) atoms. The Morgan fingerprint density at radius 1 is 0.156 bits per heavy atom. The Bertz CT molecular complexity index is 3860. The molecule has 0 bridgehead atoms. The largest absolute Gasteiger partial charge is 0.373 e. The van der Waals surface area contributed by atoms with Crippen molar-refractivity contribution in [3.8, 4) is 0 Å². The van der Waals surface area contributed by atoms with Crippen molar-refractivity contribution in [2.75, 3.05) is 434 Å². The molecule has 53 heteroatoms. The van der Waals surface area contributed by atoms with Crippen molar-refractivity contribution >= 4 is 53.5 Å². The van der Waals surface area contributed by atoms with Gasteiger partial charge in [0.05, 0.1) is 348 Å². The first-order valence-corrected chi connectivity index (χ1v) is 53.5. The Morgan fingerprint density at radius 2 is 0.293 bits per heavy atom. The zero-order valence-electron chi connectivity index (χ0n) is 84.1. The Balaban J connectivity index is 0.000000124. The van der Waals surface area contributed by atoms with Crippen LogP contribution < -0.4 is 44.1 Å². The number of rotatable bonds is 81. The van der Waals surface area contributed by atoms with E-state index in [4.69, 9.17) is 182 Å². The van der Waals surface area contributed by atoms with Gasteiger partial charge in [-0.3, -0.25) is 39.2 Å². The third-order valence-electron chi connectivity index (χ3n) is 28.0. The highest BCUT2D eigenvalue weighted by Gasteiger charge is 2.46. The molecular weight excluding hydrogens is 1930 g/mol. The van der Waals surface area contributed by atoms with E-state index >= 15 is 0 Å². The second-order valence-electron chi connectivity index (χ2n) is 43.0. The van der Waals surface area contributed by atoms with Gasteiger partial charge in [0.15, 0.2) is 0 Å². The number of ether oxygens (including phenoxy) is 29. The fourth-order valence-corrected chi connectivity index (χ4v) is 17.7. The van der Waals surface area contributed by atoms with Gasteiger partial charge in [0.2, 0.25) is 53.5 Å². The van der Waals surface area contributed by atoms with Crippen LogP contribution in [-0.2, 0) is 137 Å². The van der Waals surface area contributed by atoms with Gasteiger partial charge in [0.1, 0.15) is 64.2 Å². The monoisotopic (exact) mass is 2080 g/mol. The molecular formula is C94H146N24O29. The van der Waals surface area contributed by atoms with E-state index in [1.54, 1.807) is 0 Å². The van der Waals surface area contributed by atoms with Crippen molar-refractivity contribution in [2.24, 2.45) is 0 Å². The normalized spacial score (nSPS) is 32.7. The quantitative estimate of drug-likeness (QED) is 0.0376. The van der Waals surface area contributed by atoms with Crippen molar-refractivity contribution in [2.45, 2.75) is 159 Å². The number of hydrogen-bond donors (Lipinski definition) is 0. The molecule has 0 spiro atoms. The average molecular weight is 2080 g/mol. The summed E-state index contributed by atoms with van der Waals surface area (Å²) in [4.78, 5) is 80.4. The molecule has 53 nitrogen and oxygen atoms in total. The number of epoxide rings is 24. The van der Waals surface area contributed by atoms with Gasteiger partial charge in [-0.1, -0.05) is 0 Å². The molecule has 24 aliphatic heterocycles. The zero-order chi connectivity index (χ0) is 97.7. The molecule has 3 aromatic rings. The predicted octanol–water partition coefficient (Wildman–Crippen LogP) is -5.35. The second-order valence-corrected chi connectivity index (χ2v) is 43.0. The van der Waals surface area contributed by atoms with Gasteiger partial charge in [-0.25, -0.2) is 0 Å². The molecule has 3 aromatic heterocycles. The fourth-order valence-electron chi connectivity index (χ4n) is 17.7. The van der Waals surface area contributed by atoms with E-state index in [0.717, 1.165) is 263 Å². The molecule has 27 heterocycles. The molecule has 0 aliphatic carbocycles. The van der Waals surface area contributed by atoms with Gasteiger partial charge >= 0.3 is 0 Å². The predicted molar refractivity (Wildman–Crippen MR) is 512 cm³/mol. The highest BCUT2D eigenvalue weighted by Crippen LogP contribution is 2.35. The first-order valence-electron chi connectivity index (χ1n) is 53.5. The molecule has 0 radical (unpaired) electrons. The molecule has 24 atom stereocenters. The summed E-state index contributed by atoms with van der Waals surface area (Å²) in [5.74, 6) is 5.07. The van der Waals surface area contributed by atoms with E-state index in [0.29, 0.717) is 172 Å². The van der Waals surface area contributed by atoms with Crippen molar-refractivity contribution in [3.63, 3.8) is 0 Å². The number of anilines is 9. The van der Waals surface area contributed by atoms with Crippen molar-refractivity contribution in [1.29, 1.82) is 0 Å². The molecule has 0 saturated carbocycles. The van der Waals surface area contributed by atoms with Gasteiger partial charge in [-0.2, -0.15) is 44.9 Å². The van der Waals surface area contributed by atoms with Crippen LogP contribution in [0.25, 0.3) is 0 Å². The minimum absolute atomic E-state index is 0.117. The van der Waals surface area contributed by atoms with Crippen molar-refractivity contribution < 1.29 is 137 Å². The third kappa shape index (κ3) is 36.5. The molecule has 0 amide bonds. The van der Waals surface area contributed by atoms with Gasteiger partial charge in [-0.15, -0.1) is 0 Å². The SMILES string of the molecule is C(CC1CO1)CN(COCC1CO1)c1nc(N(COCC2CO2)COCC2CO2)nc(N(COCC2CO2)COCC2CO2)n1.C1OC1CN(CC1CO1)CN(CN(CC1CO1)CC1CO1)c1nc(N(CN(CC2CO2)CC2CO2)CN(CC2CO2)CC2CO2)nc(N(CN(CC2CO2)CC2CO2)CN(CC2CO2)CC2CO2)n1.C1OC1CN(CC1CO1)c1nc(N(CC2CO2)CC2CO2)nc(N(CC2CO2)CC2CO2)n1. The van der Waals surface area contributed by atoms with Crippen molar-refractivity contribution in [1.82, 2.24) is 74.3 Å². The molecule has 24 unspecified atom stereocenters. The summed E-state index contributed by atoms with van der Waals surface area (Å²) in [6.45, 7) is 39.8. The first-order chi connectivity index (χ1) is 72.4. The molecule has 0 N–H and O–H groups in total. The maximum absolute atomic E-state index is 6.03. The van der Waals surface area contributed by atoms with Gasteiger partial charge in [-0.05, 0) is 12.8 Å². The second kappa shape index (κ2) is 48.1. The summed E-state index contributed by atoms with van der Waals surface area (Å²) in [7, 11) is 0. The lowest BCUT2D eigenvalue weighted by molar-refractivity contribution is 0.0688. The van der Waals surface area contributed by atoms with Crippen LogP contribution in [0.5, 0.6) is 0 Å². The molecule has 24 saturated heterocycles. The summed E-state index contributed by atoms with van der Waals surface area (Å²) in [6, 6.07) is 0. The highest BCUT2D eigenvalue weighted by molar-refractivity contribution is 5.50. The zero-order valence-corrected chi connectivity index (χ0v) is 84.1. The highest BCUT2D eigenvalue weighted by atomic mass is 16.7. The van der Waals surface area contributed by atoms with Gasteiger partial charge in [0, 0.05) is 124 Å². The lowest BCUT2D eigenvalue weighted by Gasteiger charge is -2.38. The number of aromatic nitrogens is 9. The Labute approximate surface area is 854 Å². The molecule has 0 aromatic carbocycles. The van der Waals surface area contributed by atoms with Gasteiger partial charge < -0.3 is 172 Å². The van der Waals surface area contributed by atoms with Gasteiger partial charge in [0.25, 0.3) is 0 Å². The Morgan fingerprint density at radius 3 is 0.456 bits per heavy atom. The topological polar surface area (TPSA) is 511 Å². The lowest BCUT2D eigenvalue weighted by atomic mass is 10.2. The van der Waals surface area contributed by atoms with Crippen LogP contribution in [0, 0.1) is 0 Å². The average Bonchev–Trinajstić information content (AvgIpc) is 1.27. The lowest BCUT2D eigenvalue weighted by Crippen LogP contribution is -2.51. The van der Waals surface area contributed by atoms with E-state index in [1.165, 1.54) is 0 Å². The third-order valence-corrected chi connectivity index (χ3v) is 28.0. The maximum atomic E-state index is 6.03. The van der Waals surface area contributed by atoms with Crippen LogP contribution >= 0.6 is 0 Å². The fraction of sp³-hybridized carbons (Fsp3) is 0.904. The number of hydrogen-bond acceptors (Lipinski definition) is 53. The molecule has 24 aliphatic rings. The molecule has 27 rings (SSSR count). The van der Waals surface area contributed by atoms with Crippen LogP contribution in [0.3, 0.4) is 0 Å². The van der Waals surface area contributed by atoms with Crippen LogP contribution in [0.1, 0.15) is 12.8 Å². The standard InChI is InChI=1S/C45H72N12O12.C28H44N6O11.C21H30N6O6/c1(31-13-58-31)49(2-32-14-59-32)25-55(26-50(3-33-15-60-33)4-34-16-61-34)43-46-44(56(27-51(5-35-17-62-35)6-36-18-63-36)28-52(7-37-19-64-37)8-38-20-65-38)48-45(47-43)57(29-53(9-39-21-66-39)10-40-22-67-40)30-54(11-41-23-68-41)12-42-24-69-42;1(2-20-9-40-20)3-32(15-35-4-21-10-41-21)26-29-27(33(16-36-5-22-11-42-22)17-37-6-23-12-43-23)31-28(30-26)34(18-38-7-24-13-44-24)19-39-8-25-14-45-25;1(13-7-28-13)25(2-14-8-29-14)19-22-20(26(3-15-9-30-15)4-16-10-31-16)24-21(23-19)27(5-17-11-32-17)6-18-12-33-18/h31-42H,1-30H2;20-25H,1-19H2;13-18H,1-12H2. The maximum Gasteiger partial charge on any atom is 0.235 e. The van der Waals surface area contributed by atoms with E-state index in [-0.39, 0.29) is 167 Å². The Kier molecular flexibility index (Phi) is 33.1. The summed E-state index contributed by atoms with van der Waals surface area (Å²) in [5.41, 5.74) is 0. The van der Waals surface area contributed by atoms with Crippen molar-refractivity contribution in [3.05, 3.63) is 0 Å². The summed E-state index contributed by atoms with van der Waals surface area (Å²) < 4.78 is 165. The summed E-state index contributed by atoms with van der Waals surface area (Å²) >= 11 is 0. The van der Waals surface area contributed by atoms with Crippen LogP contribution in [0.15, 0.2) is 0 Å². The van der Waals surface area contributed by atoms with E-state index < -0.39 is 0 Å². The molecule has 24 fully saturated rings. The molecule has 816 valence electrons. The van der Waals surface area contributed by atoms with E-state index in [9.17, 15) is 0 Å².